The van der Waals surface area contributed by atoms with E-state index in [1.54, 1.807) is 12.4 Å². The molecule has 2 heterocycles. The number of hydrogen-bond acceptors (Lipinski definition) is 5. The zero-order valence-electron chi connectivity index (χ0n) is 12.1. The van der Waals surface area contributed by atoms with Crippen molar-refractivity contribution < 1.29 is 4.79 Å². The molecular weight excluding hydrogens is 268 g/mol. The summed E-state index contributed by atoms with van der Waals surface area (Å²) in [5.41, 5.74) is 0.676. The standard InChI is InChI=1S/C14H16N6O/c1-9(2)20-8-17-19-13(20)10(3)18-14(21)11-4-5-12(6-15)16-7-11/h4-5,7-10H,1-3H3,(H,18,21)/t10-/m0/s1. The number of aromatic nitrogens is 4. The fraction of sp³-hybridized carbons (Fsp3) is 0.357. The van der Waals surface area contributed by atoms with Crippen molar-refractivity contribution in [3.8, 4) is 6.07 Å². The Morgan fingerprint density at radius 2 is 2.14 bits per heavy atom. The van der Waals surface area contributed by atoms with E-state index >= 15 is 0 Å². The molecule has 1 atom stereocenters. The molecule has 0 aromatic carbocycles. The number of carbonyl (C=O) groups excluding carboxylic acids is 1. The van der Waals surface area contributed by atoms with Crippen molar-refractivity contribution >= 4 is 5.91 Å². The summed E-state index contributed by atoms with van der Waals surface area (Å²) in [6.07, 6.45) is 3.03. The molecule has 2 rings (SSSR count). The van der Waals surface area contributed by atoms with Crippen LogP contribution in [0.4, 0.5) is 0 Å². The summed E-state index contributed by atoms with van der Waals surface area (Å²) in [6, 6.07) is 4.93. The Morgan fingerprint density at radius 1 is 1.38 bits per heavy atom. The largest absolute Gasteiger partial charge is 0.342 e. The van der Waals surface area contributed by atoms with Crippen LogP contribution in [-0.4, -0.2) is 25.7 Å². The summed E-state index contributed by atoms with van der Waals surface area (Å²) >= 11 is 0. The molecule has 7 nitrogen and oxygen atoms in total. The Labute approximate surface area is 122 Å². The molecule has 0 saturated heterocycles. The summed E-state index contributed by atoms with van der Waals surface area (Å²) in [4.78, 5) is 16.0. The van der Waals surface area contributed by atoms with Gasteiger partial charge in [-0.1, -0.05) is 0 Å². The normalized spacial score (nSPS) is 12.0. The van der Waals surface area contributed by atoms with Crippen LogP contribution in [0.1, 0.15) is 54.7 Å². The maximum absolute atomic E-state index is 12.1. The summed E-state index contributed by atoms with van der Waals surface area (Å²) in [5, 5.41) is 19.5. The van der Waals surface area contributed by atoms with Crippen LogP contribution in [0.5, 0.6) is 0 Å². The van der Waals surface area contributed by atoms with E-state index in [-0.39, 0.29) is 23.7 Å². The lowest BCUT2D eigenvalue weighted by Gasteiger charge is -2.16. The fourth-order valence-corrected chi connectivity index (χ4v) is 1.90. The molecule has 0 saturated carbocycles. The van der Waals surface area contributed by atoms with Crippen LogP contribution in [0.3, 0.4) is 0 Å². The van der Waals surface area contributed by atoms with Crippen LogP contribution in [0, 0.1) is 11.3 Å². The van der Waals surface area contributed by atoms with Crippen molar-refractivity contribution in [2.45, 2.75) is 32.9 Å². The lowest BCUT2D eigenvalue weighted by Crippen LogP contribution is -2.29. The Morgan fingerprint density at radius 3 is 2.71 bits per heavy atom. The van der Waals surface area contributed by atoms with E-state index in [0.29, 0.717) is 11.4 Å². The highest BCUT2D eigenvalue weighted by Crippen LogP contribution is 2.14. The van der Waals surface area contributed by atoms with Gasteiger partial charge in [0.25, 0.3) is 5.91 Å². The molecule has 0 spiro atoms. The lowest BCUT2D eigenvalue weighted by molar-refractivity contribution is 0.0937. The molecule has 7 heteroatoms. The molecule has 0 radical (unpaired) electrons. The first-order chi connectivity index (χ1) is 10.0. The quantitative estimate of drug-likeness (QED) is 0.920. The molecule has 1 N–H and O–H groups in total. The summed E-state index contributed by atoms with van der Waals surface area (Å²) < 4.78 is 1.90. The van der Waals surface area contributed by atoms with Gasteiger partial charge in [-0.2, -0.15) is 5.26 Å². The number of rotatable bonds is 4. The van der Waals surface area contributed by atoms with Crippen molar-refractivity contribution in [3.63, 3.8) is 0 Å². The minimum atomic E-state index is -0.280. The first-order valence-electron chi connectivity index (χ1n) is 6.59. The monoisotopic (exact) mass is 284 g/mol. The Kier molecular flexibility index (Phi) is 4.28. The van der Waals surface area contributed by atoms with Gasteiger partial charge in [0.2, 0.25) is 0 Å². The van der Waals surface area contributed by atoms with Crippen LogP contribution in [0.15, 0.2) is 24.7 Å². The SMILES string of the molecule is CC(C)n1cnnc1[C@H](C)NC(=O)c1ccc(C#N)nc1. The average Bonchev–Trinajstić information content (AvgIpc) is 2.97. The second-order valence-electron chi connectivity index (χ2n) is 4.93. The predicted molar refractivity (Wildman–Crippen MR) is 75.2 cm³/mol. The molecule has 0 aliphatic heterocycles. The van der Waals surface area contributed by atoms with Gasteiger partial charge < -0.3 is 9.88 Å². The predicted octanol–water partition coefficient (Wildman–Crippen LogP) is 1.62. The molecule has 0 aliphatic carbocycles. The van der Waals surface area contributed by atoms with Crippen LogP contribution >= 0.6 is 0 Å². The molecule has 0 unspecified atom stereocenters. The van der Waals surface area contributed by atoms with Crippen molar-refractivity contribution in [3.05, 3.63) is 41.7 Å². The maximum atomic E-state index is 12.1. The van der Waals surface area contributed by atoms with Crippen LogP contribution in [0.2, 0.25) is 0 Å². The molecule has 108 valence electrons. The minimum Gasteiger partial charge on any atom is -0.342 e. The van der Waals surface area contributed by atoms with E-state index in [1.165, 1.54) is 12.3 Å². The molecule has 0 aliphatic rings. The molecular formula is C14H16N6O. The number of nitriles is 1. The molecule has 1 amide bonds. The van der Waals surface area contributed by atoms with E-state index in [9.17, 15) is 4.79 Å². The average molecular weight is 284 g/mol. The highest BCUT2D eigenvalue weighted by atomic mass is 16.1. The number of hydrogen-bond donors (Lipinski definition) is 1. The van der Waals surface area contributed by atoms with Crippen LogP contribution in [-0.2, 0) is 0 Å². The smallest absolute Gasteiger partial charge is 0.253 e. The van der Waals surface area contributed by atoms with Gasteiger partial charge in [-0.3, -0.25) is 4.79 Å². The van der Waals surface area contributed by atoms with Gasteiger partial charge in [0.05, 0.1) is 11.6 Å². The third-order valence-corrected chi connectivity index (χ3v) is 3.03. The lowest BCUT2D eigenvalue weighted by atomic mass is 10.2. The molecule has 21 heavy (non-hydrogen) atoms. The zero-order chi connectivity index (χ0) is 15.4. The van der Waals surface area contributed by atoms with Crippen LogP contribution in [0.25, 0.3) is 0 Å². The van der Waals surface area contributed by atoms with Gasteiger partial charge in [0, 0.05) is 12.2 Å². The molecule has 2 aromatic rings. The zero-order valence-corrected chi connectivity index (χ0v) is 12.1. The fourth-order valence-electron chi connectivity index (χ4n) is 1.90. The molecule has 0 bridgehead atoms. The van der Waals surface area contributed by atoms with Crippen molar-refractivity contribution in [2.24, 2.45) is 0 Å². The topological polar surface area (TPSA) is 96.5 Å². The second-order valence-corrected chi connectivity index (χ2v) is 4.93. The van der Waals surface area contributed by atoms with Gasteiger partial charge in [0.1, 0.15) is 18.1 Å². The first kappa shape index (κ1) is 14.7. The Bertz CT molecular complexity index is 668. The Balaban J connectivity index is 2.11. The van der Waals surface area contributed by atoms with E-state index in [0.717, 1.165) is 0 Å². The molecule has 0 fully saturated rings. The summed E-state index contributed by atoms with van der Waals surface area (Å²) in [5.74, 6) is 0.428. The number of amides is 1. The van der Waals surface area contributed by atoms with Crippen molar-refractivity contribution in [1.82, 2.24) is 25.1 Å². The maximum Gasteiger partial charge on any atom is 0.253 e. The molecule has 2 aromatic heterocycles. The van der Waals surface area contributed by atoms with E-state index in [2.05, 4.69) is 20.5 Å². The second kappa shape index (κ2) is 6.13. The Hall–Kier alpha value is -2.75. The van der Waals surface area contributed by atoms with Gasteiger partial charge in [0.15, 0.2) is 5.82 Å². The van der Waals surface area contributed by atoms with Crippen LogP contribution < -0.4 is 5.32 Å². The third-order valence-electron chi connectivity index (χ3n) is 3.03. The van der Waals surface area contributed by atoms with Gasteiger partial charge >= 0.3 is 0 Å². The van der Waals surface area contributed by atoms with E-state index < -0.39 is 0 Å². The summed E-state index contributed by atoms with van der Waals surface area (Å²) in [7, 11) is 0. The van der Waals surface area contributed by atoms with Gasteiger partial charge in [-0.05, 0) is 32.9 Å². The van der Waals surface area contributed by atoms with E-state index in [1.807, 2.05) is 31.4 Å². The summed E-state index contributed by atoms with van der Waals surface area (Å²) in [6.45, 7) is 5.88. The van der Waals surface area contributed by atoms with Crippen molar-refractivity contribution in [1.29, 1.82) is 5.26 Å². The minimum absolute atomic E-state index is 0.214. The number of nitrogens with zero attached hydrogens (tertiary/aromatic N) is 5. The van der Waals surface area contributed by atoms with Gasteiger partial charge in [-0.25, -0.2) is 4.98 Å². The number of pyridine rings is 1. The van der Waals surface area contributed by atoms with Crippen molar-refractivity contribution in [2.75, 3.05) is 0 Å². The number of carbonyl (C=O) groups is 1. The highest BCUT2D eigenvalue weighted by Gasteiger charge is 2.18. The third kappa shape index (κ3) is 3.23. The van der Waals surface area contributed by atoms with E-state index in [4.69, 9.17) is 5.26 Å². The number of nitrogens with one attached hydrogen (secondary N) is 1. The first-order valence-corrected chi connectivity index (χ1v) is 6.59. The van der Waals surface area contributed by atoms with Gasteiger partial charge in [-0.15, -0.1) is 10.2 Å². The highest BCUT2D eigenvalue weighted by molar-refractivity contribution is 5.94.